The molecule has 0 radical (unpaired) electrons. The fraction of sp³-hybridized carbons (Fsp3) is 0.571. The Morgan fingerprint density at radius 3 is 2.60 bits per heavy atom. The fourth-order valence-electron chi connectivity index (χ4n) is 2.31. The highest BCUT2D eigenvalue weighted by molar-refractivity contribution is 9.10. The van der Waals surface area contributed by atoms with Crippen molar-refractivity contribution in [1.29, 1.82) is 0 Å². The van der Waals surface area contributed by atoms with Crippen molar-refractivity contribution in [2.24, 2.45) is 0 Å². The van der Waals surface area contributed by atoms with Gasteiger partial charge in [0.1, 0.15) is 0 Å². The summed E-state index contributed by atoms with van der Waals surface area (Å²) in [6.07, 6.45) is 0. The van der Waals surface area contributed by atoms with E-state index in [1.165, 1.54) is 0 Å². The van der Waals surface area contributed by atoms with Gasteiger partial charge >= 0.3 is 0 Å². The van der Waals surface area contributed by atoms with Crippen molar-refractivity contribution in [2.75, 3.05) is 24.6 Å². The highest BCUT2D eigenvalue weighted by Crippen LogP contribution is 2.24. The van der Waals surface area contributed by atoms with Crippen LogP contribution in [0, 0.1) is 0 Å². The minimum Gasteiger partial charge on any atom is -0.298 e. The van der Waals surface area contributed by atoms with Crippen LogP contribution in [0.2, 0.25) is 0 Å². The summed E-state index contributed by atoms with van der Waals surface area (Å²) in [7, 11) is -3.19. The van der Waals surface area contributed by atoms with E-state index in [0.717, 1.165) is 16.8 Å². The van der Waals surface area contributed by atoms with E-state index in [0.29, 0.717) is 22.7 Å². The zero-order valence-corrected chi connectivity index (χ0v) is 15.0. The smallest absolute Gasteiger partial charge is 0.179 e. The highest BCUT2D eigenvalue weighted by atomic mass is 79.9. The van der Waals surface area contributed by atoms with Crippen LogP contribution in [-0.4, -0.2) is 49.2 Å². The Labute approximate surface area is 134 Å². The van der Waals surface area contributed by atoms with E-state index < -0.39 is 9.84 Å². The molecule has 1 aliphatic heterocycles. The van der Waals surface area contributed by atoms with Gasteiger partial charge in [-0.2, -0.15) is 11.8 Å². The van der Waals surface area contributed by atoms with Crippen LogP contribution in [0.5, 0.6) is 0 Å². The third-order valence-corrected chi connectivity index (χ3v) is 7.41. The van der Waals surface area contributed by atoms with Crippen molar-refractivity contribution in [1.82, 2.24) is 4.90 Å². The number of benzene rings is 1. The zero-order valence-electron chi connectivity index (χ0n) is 11.8. The summed E-state index contributed by atoms with van der Waals surface area (Å²) in [5.41, 5.74) is 0. The largest absolute Gasteiger partial charge is 0.298 e. The third-order valence-electron chi connectivity index (χ3n) is 3.83. The van der Waals surface area contributed by atoms with Crippen molar-refractivity contribution in [3.8, 4) is 0 Å². The number of sulfone groups is 1. The predicted molar refractivity (Wildman–Crippen MR) is 89.1 cm³/mol. The number of thioether (sulfide) groups is 1. The van der Waals surface area contributed by atoms with Crippen molar-refractivity contribution in [3.63, 3.8) is 0 Å². The molecule has 3 nitrogen and oxygen atoms in total. The molecule has 1 heterocycles. The van der Waals surface area contributed by atoms with Gasteiger partial charge in [-0.3, -0.25) is 4.90 Å². The quantitative estimate of drug-likeness (QED) is 0.807. The number of hydrogen-bond donors (Lipinski definition) is 0. The van der Waals surface area contributed by atoms with Crippen LogP contribution in [0.25, 0.3) is 0 Å². The van der Waals surface area contributed by atoms with Crippen LogP contribution >= 0.6 is 27.7 Å². The Morgan fingerprint density at radius 1 is 1.30 bits per heavy atom. The Hall–Kier alpha value is -0.0400. The zero-order chi connectivity index (χ0) is 14.8. The molecule has 20 heavy (non-hydrogen) atoms. The molecule has 1 aliphatic rings. The van der Waals surface area contributed by atoms with E-state index in [9.17, 15) is 8.42 Å². The second-order valence-electron chi connectivity index (χ2n) is 5.13. The van der Waals surface area contributed by atoms with E-state index in [1.54, 1.807) is 24.3 Å². The molecule has 6 heteroatoms. The highest BCUT2D eigenvalue weighted by Gasteiger charge is 2.26. The molecular formula is C14H20BrNO2S2. The molecule has 1 aromatic rings. The standard InChI is InChI=1S/C14H20BrNO2S2/c1-11-12(2)19-9-7-16(11)8-10-20(17,18)14-5-3-13(15)4-6-14/h3-6,11-12H,7-10H2,1-2H3. The van der Waals surface area contributed by atoms with Gasteiger partial charge in [-0.05, 0) is 31.2 Å². The lowest BCUT2D eigenvalue weighted by Gasteiger charge is -2.37. The predicted octanol–water partition coefficient (Wildman–Crippen LogP) is 3.05. The van der Waals surface area contributed by atoms with E-state index in [-0.39, 0.29) is 5.75 Å². The van der Waals surface area contributed by atoms with Crippen LogP contribution in [0.15, 0.2) is 33.6 Å². The molecular weight excluding hydrogens is 358 g/mol. The lowest BCUT2D eigenvalue weighted by Crippen LogP contribution is -2.46. The molecule has 1 saturated heterocycles. The van der Waals surface area contributed by atoms with Gasteiger partial charge in [0, 0.05) is 34.6 Å². The first-order valence-corrected chi connectivity index (χ1v) is 10.2. The Bertz CT molecular complexity index is 545. The number of rotatable bonds is 4. The summed E-state index contributed by atoms with van der Waals surface area (Å²) in [6, 6.07) is 7.31. The van der Waals surface area contributed by atoms with Gasteiger partial charge in [0.2, 0.25) is 0 Å². The van der Waals surface area contributed by atoms with Crippen molar-refractivity contribution >= 4 is 37.5 Å². The molecule has 0 N–H and O–H groups in total. The second kappa shape index (κ2) is 6.81. The first kappa shape index (κ1) is 16.3. The van der Waals surface area contributed by atoms with Gasteiger partial charge in [-0.1, -0.05) is 22.9 Å². The van der Waals surface area contributed by atoms with Gasteiger partial charge in [0.15, 0.2) is 9.84 Å². The van der Waals surface area contributed by atoms with Crippen LogP contribution < -0.4 is 0 Å². The van der Waals surface area contributed by atoms with Gasteiger partial charge in [-0.15, -0.1) is 0 Å². The maximum Gasteiger partial charge on any atom is 0.179 e. The fourth-order valence-corrected chi connectivity index (χ4v) is 5.00. The van der Waals surface area contributed by atoms with Gasteiger partial charge in [-0.25, -0.2) is 8.42 Å². The summed E-state index contributed by atoms with van der Waals surface area (Å²) in [5, 5.41) is 0.569. The molecule has 2 unspecified atom stereocenters. The SMILES string of the molecule is CC1SCCN(CCS(=O)(=O)c2ccc(Br)cc2)C1C. The maximum atomic E-state index is 12.3. The third kappa shape index (κ3) is 4.00. The van der Waals surface area contributed by atoms with Crippen LogP contribution in [-0.2, 0) is 9.84 Å². The summed E-state index contributed by atoms with van der Waals surface area (Å²) < 4.78 is 25.5. The molecule has 0 aliphatic carbocycles. The van der Waals surface area contributed by atoms with E-state index >= 15 is 0 Å². The molecule has 0 saturated carbocycles. The molecule has 112 valence electrons. The van der Waals surface area contributed by atoms with Crippen LogP contribution in [0.4, 0.5) is 0 Å². The first-order valence-electron chi connectivity index (χ1n) is 6.74. The van der Waals surface area contributed by atoms with Crippen LogP contribution in [0.1, 0.15) is 13.8 Å². The lowest BCUT2D eigenvalue weighted by molar-refractivity contribution is 0.225. The molecule has 1 fully saturated rings. The van der Waals surface area contributed by atoms with Crippen LogP contribution in [0.3, 0.4) is 0 Å². The van der Waals surface area contributed by atoms with E-state index in [2.05, 4.69) is 34.7 Å². The summed E-state index contributed by atoms with van der Waals surface area (Å²) in [4.78, 5) is 2.70. The van der Waals surface area contributed by atoms with E-state index in [1.807, 2.05) is 11.8 Å². The molecule has 0 aromatic heterocycles. The minimum atomic E-state index is -3.19. The molecule has 0 amide bonds. The van der Waals surface area contributed by atoms with Crippen molar-refractivity contribution < 1.29 is 8.42 Å². The minimum absolute atomic E-state index is 0.191. The lowest BCUT2D eigenvalue weighted by atomic mass is 10.2. The summed E-state index contributed by atoms with van der Waals surface area (Å²) in [6.45, 7) is 5.99. The number of nitrogens with zero attached hydrogens (tertiary/aromatic N) is 1. The topological polar surface area (TPSA) is 37.4 Å². The Kier molecular flexibility index (Phi) is 5.56. The normalized spacial score (nSPS) is 24.8. The maximum absolute atomic E-state index is 12.3. The average Bonchev–Trinajstić information content (AvgIpc) is 2.41. The summed E-state index contributed by atoms with van der Waals surface area (Å²) in [5.74, 6) is 1.28. The number of hydrogen-bond acceptors (Lipinski definition) is 4. The summed E-state index contributed by atoms with van der Waals surface area (Å²) >= 11 is 5.29. The monoisotopic (exact) mass is 377 g/mol. The molecule has 2 atom stereocenters. The van der Waals surface area contributed by atoms with Gasteiger partial charge in [0.25, 0.3) is 0 Å². The molecule has 0 bridgehead atoms. The van der Waals surface area contributed by atoms with Gasteiger partial charge in [0.05, 0.1) is 10.6 Å². The Balaban J connectivity index is 2.00. The molecule has 1 aromatic carbocycles. The molecule has 2 rings (SSSR count). The van der Waals surface area contributed by atoms with E-state index in [4.69, 9.17) is 0 Å². The second-order valence-corrected chi connectivity index (χ2v) is 9.64. The Morgan fingerprint density at radius 2 is 1.95 bits per heavy atom. The van der Waals surface area contributed by atoms with Gasteiger partial charge < -0.3 is 0 Å². The number of halogens is 1. The molecule has 0 spiro atoms. The average molecular weight is 378 g/mol. The van der Waals surface area contributed by atoms with Crippen molar-refractivity contribution in [2.45, 2.75) is 30.0 Å². The first-order chi connectivity index (χ1) is 9.40. The van der Waals surface area contributed by atoms with Crippen molar-refractivity contribution in [3.05, 3.63) is 28.7 Å².